The molecule has 0 aliphatic carbocycles. The first kappa shape index (κ1) is 9.79. The molecule has 0 aromatic rings. The van der Waals surface area contributed by atoms with Gasteiger partial charge in [-0.1, -0.05) is 31.4 Å². The number of allylic oxidation sites excluding steroid dienone is 1. The summed E-state index contributed by atoms with van der Waals surface area (Å²) in [6.45, 7) is 2.38. The molecule has 1 heterocycles. The predicted molar refractivity (Wildman–Crippen MR) is 54.3 cm³/mol. The molecule has 1 heteroatoms. The minimum atomic E-state index is 1.16. The van der Waals surface area contributed by atoms with E-state index in [-0.39, 0.29) is 0 Å². The van der Waals surface area contributed by atoms with Gasteiger partial charge in [0, 0.05) is 0 Å². The lowest BCUT2D eigenvalue weighted by atomic mass is 10.1. The summed E-state index contributed by atoms with van der Waals surface area (Å²) in [4.78, 5) is 0. The molecule has 12 heavy (non-hydrogen) atoms. The average molecular weight is 167 g/mol. The topological polar surface area (TPSA) is 12.0 Å². The van der Waals surface area contributed by atoms with Gasteiger partial charge in [0.25, 0.3) is 0 Å². The standard InChI is InChI=1S/C11H21N/c1-2-4-6-8-10-12-11-9-7-5-3-1/h4,6,12H,1-3,5,7-11H2/b6-4-. The maximum absolute atomic E-state index is 3.45. The lowest BCUT2D eigenvalue weighted by Crippen LogP contribution is -2.16. The zero-order valence-electron chi connectivity index (χ0n) is 8.02. The summed E-state index contributed by atoms with van der Waals surface area (Å²) >= 11 is 0. The van der Waals surface area contributed by atoms with Gasteiger partial charge in [0.15, 0.2) is 0 Å². The highest BCUT2D eigenvalue weighted by molar-refractivity contribution is 4.82. The normalized spacial score (nSPS) is 25.3. The first-order valence-corrected chi connectivity index (χ1v) is 5.36. The molecular weight excluding hydrogens is 146 g/mol. The summed E-state index contributed by atoms with van der Waals surface area (Å²) in [5, 5.41) is 3.45. The van der Waals surface area contributed by atoms with E-state index in [2.05, 4.69) is 17.5 Å². The van der Waals surface area contributed by atoms with E-state index < -0.39 is 0 Å². The van der Waals surface area contributed by atoms with Crippen LogP contribution in [0.2, 0.25) is 0 Å². The molecule has 1 aliphatic heterocycles. The molecule has 0 fully saturated rings. The Labute approximate surface area is 76.2 Å². The third kappa shape index (κ3) is 5.36. The summed E-state index contributed by atoms with van der Waals surface area (Å²) in [5.41, 5.74) is 0. The molecule has 1 N–H and O–H groups in total. The van der Waals surface area contributed by atoms with Crippen molar-refractivity contribution >= 4 is 0 Å². The molecule has 1 nitrogen and oxygen atoms in total. The van der Waals surface area contributed by atoms with Gasteiger partial charge in [-0.15, -0.1) is 0 Å². The molecule has 0 saturated carbocycles. The van der Waals surface area contributed by atoms with Crippen LogP contribution in [0.1, 0.15) is 44.9 Å². The third-order valence-corrected chi connectivity index (χ3v) is 2.38. The molecule has 0 aromatic heterocycles. The van der Waals surface area contributed by atoms with Crippen LogP contribution in [0.15, 0.2) is 12.2 Å². The fourth-order valence-corrected chi connectivity index (χ4v) is 1.59. The highest BCUT2D eigenvalue weighted by Crippen LogP contribution is 2.06. The fourth-order valence-electron chi connectivity index (χ4n) is 1.59. The number of hydrogen-bond donors (Lipinski definition) is 1. The van der Waals surface area contributed by atoms with E-state index in [0.717, 1.165) is 6.54 Å². The van der Waals surface area contributed by atoms with Gasteiger partial charge in [0.2, 0.25) is 0 Å². The van der Waals surface area contributed by atoms with Crippen molar-refractivity contribution in [1.82, 2.24) is 5.32 Å². The van der Waals surface area contributed by atoms with Crippen LogP contribution in [0.25, 0.3) is 0 Å². The Morgan fingerprint density at radius 1 is 0.667 bits per heavy atom. The Bertz CT molecular complexity index is 104. The summed E-state index contributed by atoms with van der Waals surface area (Å²) < 4.78 is 0. The molecule has 0 amide bonds. The second kappa shape index (κ2) is 7.35. The van der Waals surface area contributed by atoms with Crippen LogP contribution in [0.4, 0.5) is 0 Å². The number of rotatable bonds is 0. The summed E-state index contributed by atoms with van der Waals surface area (Å²) in [7, 11) is 0. The second-order valence-corrected chi connectivity index (χ2v) is 3.57. The van der Waals surface area contributed by atoms with Crippen molar-refractivity contribution in [1.29, 1.82) is 0 Å². The van der Waals surface area contributed by atoms with E-state index in [9.17, 15) is 0 Å². The van der Waals surface area contributed by atoms with Gasteiger partial charge in [0.1, 0.15) is 0 Å². The molecule has 1 aliphatic rings. The van der Waals surface area contributed by atoms with E-state index in [4.69, 9.17) is 0 Å². The van der Waals surface area contributed by atoms with E-state index in [0.29, 0.717) is 0 Å². The van der Waals surface area contributed by atoms with Crippen molar-refractivity contribution in [2.45, 2.75) is 44.9 Å². The quantitative estimate of drug-likeness (QED) is 0.547. The molecule has 0 bridgehead atoms. The molecule has 0 saturated heterocycles. The fraction of sp³-hybridized carbons (Fsp3) is 0.818. The van der Waals surface area contributed by atoms with Crippen LogP contribution < -0.4 is 5.32 Å². The van der Waals surface area contributed by atoms with Crippen molar-refractivity contribution in [2.24, 2.45) is 0 Å². The Kier molecular flexibility index (Phi) is 6.00. The van der Waals surface area contributed by atoms with E-state index >= 15 is 0 Å². The first-order chi connectivity index (χ1) is 6.00. The second-order valence-electron chi connectivity index (χ2n) is 3.57. The van der Waals surface area contributed by atoms with Crippen LogP contribution in [0.5, 0.6) is 0 Å². The van der Waals surface area contributed by atoms with Gasteiger partial charge in [-0.25, -0.2) is 0 Å². The van der Waals surface area contributed by atoms with Crippen molar-refractivity contribution in [2.75, 3.05) is 13.1 Å². The summed E-state index contributed by atoms with van der Waals surface area (Å²) in [6, 6.07) is 0. The zero-order chi connectivity index (χ0) is 8.49. The number of nitrogens with one attached hydrogen (secondary N) is 1. The summed E-state index contributed by atoms with van der Waals surface area (Å²) in [6.07, 6.45) is 14.2. The Morgan fingerprint density at radius 3 is 2.42 bits per heavy atom. The van der Waals surface area contributed by atoms with Gasteiger partial charge in [-0.3, -0.25) is 0 Å². The minimum absolute atomic E-state index is 1.16. The van der Waals surface area contributed by atoms with Crippen LogP contribution in [0, 0.1) is 0 Å². The van der Waals surface area contributed by atoms with Crippen LogP contribution >= 0.6 is 0 Å². The van der Waals surface area contributed by atoms with Crippen molar-refractivity contribution in [3.05, 3.63) is 12.2 Å². The van der Waals surface area contributed by atoms with Gasteiger partial charge in [-0.2, -0.15) is 0 Å². The smallest absolute Gasteiger partial charge is 0.00143 e. The van der Waals surface area contributed by atoms with Gasteiger partial charge in [-0.05, 0) is 38.8 Å². The molecule has 0 unspecified atom stereocenters. The van der Waals surface area contributed by atoms with Crippen molar-refractivity contribution in [3.8, 4) is 0 Å². The van der Waals surface area contributed by atoms with Gasteiger partial charge in [0.05, 0.1) is 0 Å². The maximum atomic E-state index is 3.45. The minimum Gasteiger partial charge on any atom is -0.316 e. The van der Waals surface area contributed by atoms with Crippen molar-refractivity contribution < 1.29 is 0 Å². The zero-order valence-corrected chi connectivity index (χ0v) is 8.02. The Balaban J connectivity index is 2.10. The average Bonchev–Trinajstić information content (AvgIpc) is 2.05. The molecule has 70 valence electrons. The largest absolute Gasteiger partial charge is 0.316 e. The predicted octanol–water partition coefficient (Wildman–Crippen LogP) is 2.88. The summed E-state index contributed by atoms with van der Waals surface area (Å²) in [5.74, 6) is 0. The van der Waals surface area contributed by atoms with Crippen LogP contribution in [-0.4, -0.2) is 13.1 Å². The molecule has 0 spiro atoms. The third-order valence-electron chi connectivity index (χ3n) is 2.38. The van der Waals surface area contributed by atoms with E-state index in [1.807, 2.05) is 0 Å². The first-order valence-electron chi connectivity index (χ1n) is 5.36. The molecule has 0 radical (unpaired) electrons. The maximum Gasteiger partial charge on any atom is -0.00143 e. The van der Waals surface area contributed by atoms with Gasteiger partial charge >= 0.3 is 0 Å². The van der Waals surface area contributed by atoms with Crippen LogP contribution in [-0.2, 0) is 0 Å². The monoisotopic (exact) mass is 167 g/mol. The van der Waals surface area contributed by atoms with Crippen molar-refractivity contribution in [3.63, 3.8) is 0 Å². The molecular formula is C11H21N. The number of hydrogen-bond acceptors (Lipinski definition) is 1. The lowest BCUT2D eigenvalue weighted by molar-refractivity contribution is 0.575. The molecule has 0 atom stereocenters. The SMILES string of the molecule is C1=C\CCNCCCCCCC/1. The Hall–Kier alpha value is -0.300. The van der Waals surface area contributed by atoms with Gasteiger partial charge < -0.3 is 5.32 Å². The van der Waals surface area contributed by atoms with Crippen LogP contribution in [0.3, 0.4) is 0 Å². The lowest BCUT2D eigenvalue weighted by Gasteiger charge is -2.04. The highest BCUT2D eigenvalue weighted by atomic mass is 14.8. The Morgan fingerprint density at radius 2 is 1.42 bits per heavy atom. The molecule has 0 aromatic carbocycles. The molecule has 1 rings (SSSR count). The van der Waals surface area contributed by atoms with E-state index in [1.54, 1.807) is 0 Å². The van der Waals surface area contributed by atoms with E-state index in [1.165, 1.54) is 51.5 Å². The highest BCUT2D eigenvalue weighted by Gasteiger charge is 1.91.